The van der Waals surface area contributed by atoms with Gasteiger partial charge in [-0.25, -0.2) is 13.2 Å². The van der Waals surface area contributed by atoms with E-state index in [-0.39, 0.29) is 21.5 Å². The summed E-state index contributed by atoms with van der Waals surface area (Å²) in [4.78, 5) is 0. The summed E-state index contributed by atoms with van der Waals surface area (Å²) in [5.41, 5.74) is 5.63. The summed E-state index contributed by atoms with van der Waals surface area (Å²) in [7, 11) is 0. The van der Waals surface area contributed by atoms with Gasteiger partial charge in [0.25, 0.3) is 0 Å². The van der Waals surface area contributed by atoms with Crippen LogP contribution in [0.2, 0.25) is 0 Å². The molecule has 2 aromatic carbocycles. The van der Waals surface area contributed by atoms with Crippen LogP contribution in [0.1, 0.15) is 0 Å². The molecule has 0 saturated heterocycles. The Morgan fingerprint density at radius 2 is 1.72 bits per heavy atom. The van der Waals surface area contributed by atoms with Crippen LogP contribution >= 0.6 is 15.9 Å². The smallest absolute Gasteiger partial charge is 0.184 e. The first-order valence-corrected chi connectivity index (χ1v) is 5.74. The van der Waals surface area contributed by atoms with Crippen molar-refractivity contribution in [2.75, 3.05) is 11.1 Å². The molecule has 2 nitrogen and oxygen atoms in total. The Morgan fingerprint density at radius 3 is 2.39 bits per heavy atom. The third-order valence-corrected chi connectivity index (χ3v) is 2.96. The van der Waals surface area contributed by atoms with Crippen molar-refractivity contribution in [3.8, 4) is 0 Å². The zero-order valence-electron chi connectivity index (χ0n) is 8.98. The van der Waals surface area contributed by atoms with Crippen LogP contribution in [-0.2, 0) is 0 Å². The van der Waals surface area contributed by atoms with Gasteiger partial charge in [0.2, 0.25) is 0 Å². The van der Waals surface area contributed by atoms with E-state index in [9.17, 15) is 13.2 Å². The van der Waals surface area contributed by atoms with Gasteiger partial charge in [0.1, 0.15) is 11.5 Å². The van der Waals surface area contributed by atoms with Gasteiger partial charge in [-0.05, 0) is 46.3 Å². The highest BCUT2D eigenvalue weighted by molar-refractivity contribution is 9.10. The van der Waals surface area contributed by atoms with Crippen molar-refractivity contribution in [3.05, 3.63) is 52.3 Å². The monoisotopic (exact) mass is 316 g/mol. The zero-order valence-corrected chi connectivity index (χ0v) is 10.6. The van der Waals surface area contributed by atoms with E-state index in [0.29, 0.717) is 0 Å². The zero-order chi connectivity index (χ0) is 13.3. The Bertz CT molecular complexity index is 602. The molecule has 0 atom stereocenters. The molecule has 2 rings (SSSR count). The number of nitrogens with one attached hydrogen (secondary N) is 1. The Kier molecular flexibility index (Phi) is 3.47. The number of nitrogens with two attached hydrogens (primary N) is 1. The third kappa shape index (κ3) is 2.43. The first kappa shape index (κ1) is 12.8. The fourth-order valence-electron chi connectivity index (χ4n) is 1.41. The van der Waals surface area contributed by atoms with Gasteiger partial charge in [0.15, 0.2) is 11.6 Å². The molecule has 0 heterocycles. The van der Waals surface area contributed by atoms with Crippen LogP contribution in [0.3, 0.4) is 0 Å². The maximum absolute atomic E-state index is 13.5. The van der Waals surface area contributed by atoms with Gasteiger partial charge in [0.05, 0.1) is 10.2 Å². The Balaban J connectivity index is 2.39. The molecule has 0 fully saturated rings. The van der Waals surface area contributed by atoms with E-state index in [1.165, 1.54) is 18.2 Å². The number of hydrogen-bond donors (Lipinski definition) is 2. The quantitative estimate of drug-likeness (QED) is 0.815. The summed E-state index contributed by atoms with van der Waals surface area (Å²) in [5, 5.41) is 2.55. The highest BCUT2D eigenvalue weighted by atomic mass is 79.9. The van der Waals surface area contributed by atoms with Crippen LogP contribution in [0.5, 0.6) is 0 Å². The van der Waals surface area contributed by atoms with Crippen molar-refractivity contribution in [1.29, 1.82) is 0 Å². The standard InChI is InChI=1S/C12H8BrF3N2/c13-7-2-1-6(5-9(7)15)18-12-10(17)4-3-8(14)11(12)16/h1-5,18H,17H2. The summed E-state index contributed by atoms with van der Waals surface area (Å²) < 4.78 is 40.1. The first-order valence-electron chi connectivity index (χ1n) is 4.94. The Hall–Kier alpha value is -1.69. The summed E-state index contributed by atoms with van der Waals surface area (Å²) in [6, 6.07) is 6.27. The minimum absolute atomic E-state index is 0.0391. The maximum atomic E-state index is 13.5. The molecule has 0 spiro atoms. The van der Waals surface area contributed by atoms with Crippen LogP contribution in [0, 0.1) is 17.5 Å². The van der Waals surface area contributed by atoms with Crippen LogP contribution in [0.15, 0.2) is 34.8 Å². The van der Waals surface area contributed by atoms with E-state index in [1.54, 1.807) is 0 Å². The highest BCUT2D eigenvalue weighted by Crippen LogP contribution is 2.29. The lowest BCUT2D eigenvalue weighted by Gasteiger charge is -2.11. The van der Waals surface area contributed by atoms with Gasteiger partial charge in [-0.15, -0.1) is 0 Å². The van der Waals surface area contributed by atoms with E-state index in [1.807, 2.05) is 0 Å². The maximum Gasteiger partial charge on any atom is 0.184 e. The Morgan fingerprint density at radius 1 is 1.00 bits per heavy atom. The summed E-state index contributed by atoms with van der Waals surface area (Å²) >= 11 is 2.99. The van der Waals surface area contributed by atoms with Gasteiger partial charge < -0.3 is 11.1 Å². The van der Waals surface area contributed by atoms with Crippen molar-refractivity contribution < 1.29 is 13.2 Å². The number of rotatable bonds is 2. The minimum Gasteiger partial charge on any atom is -0.397 e. The Labute approximate surface area is 110 Å². The fourth-order valence-corrected chi connectivity index (χ4v) is 1.66. The van der Waals surface area contributed by atoms with Crippen LogP contribution < -0.4 is 11.1 Å². The SMILES string of the molecule is Nc1ccc(F)c(F)c1Nc1ccc(Br)c(F)c1. The number of benzene rings is 2. The second kappa shape index (κ2) is 4.89. The average molecular weight is 317 g/mol. The van der Waals surface area contributed by atoms with Crippen molar-refractivity contribution in [3.63, 3.8) is 0 Å². The van der Waals surface area contributed by atoms with E-state index in [0.717, 1.165) is 12.1 Å². The van der Waals surface area contributed by atoms with Crippen LogP contribution in [0.25, 0.3) is 0 Å². The number of nitrogen functional groups attached to an aromatic ring is 1. The lowest BCUT2D eigenvalue weighted by Crippen LogP contribution is -2.01. The molecular formula is C12H8BrF3N2. The van der Waals surface area contributed by atoms with Gasteiger partial charge >= 0.3 is 0 Å². The topological polar surface area (TPSA) is 38.0 Å². The molecule has 6 heteroatoms. The predicted octanol–water partition coefficient (Wildman–Crippen LogP) is 4.19. The molecule has 0 unspecified atom stereocenters. The largest absolute Gasteiger partial charge is 0.397 e. The molecule has 0 aliphatic heterocycles. The second-order valence-electron chi connectivity index (χ2n) is 3.58. The summed E-state index contributed by atoms with van der Waals surface area (Å²) in [6.45, 7) is 0. The highest BCUT2D eigenvalue weighted by Gasteiger charge is 2.12. The van der Waals surface area contributed by atoms with Gasteiger partial charge in [-0.2, -0.15) is 0 Å². The normalized spacial score (nSPS) is 10.4. The van der Waals surface area contributed by atoms with Gasteiger partial charge in [-0.1, -0.05) is 0 Å². The van der Waals surface area contributed by atoms with Gasteiger partial charge in [0, 0.05) is 5.69 Å². The van der Waals surface area contributed by atoms with E-state index in [2.05, 4.69) is 21.2 Å². The fraction of sp³-hybridized carbons (Fsp3) is 0. The number of hydrogen-bond acceptors (Lipinski definition) is 2. The van der Waals surface area contributed by atoms with Gasteiger partial charge in [-0.3, -0.25) is 0 Å². The van der Waals surface area contributed by atoms with Crippen molar-refractivity contribution >= 4 is 33.0 Å². The molecule has 3 N–H and O–H groups in total. The lowest BCUT2D eigenvalue weighted by atomic mass is 10.2. The van der Waals surface area contributed by atoms with Crippen LogP contribution in [-0.4, -0.2) is 0 Å². The molecule has 0 aromatic heterocycles. The average Bonchev–Trinajstić information content (AvgIpc) is 2.34. The first-order chi connectivity index (χ1) is 8.49. The molecule has 0 amide bonds. The second-order valence-corrected chi connectivity index (χ2v) is 4.43. The molecular weight excluding hydrogens is 309 g/mol. The third-order valence-electron chi connectivity index (χ3n) is 2.32. The summed E-state index contributed by atoms with van der Waals surface area (Å²) in [6.07, 6.45) is 0. The molecule has 0 saturated carbocycles. The van der Waals surface area contributed by atoms with Crippen molar-refractivity contribution in [2.45, 2.75) is 0 Å². The van der Waals surface area contributed by atoms with E-state index >= 15 is 0 Å². The molecule has 2 aromatic rings. The minimum atomic E-state index is -1.10. The molecule has 0 aliphatic carbocycles. The summed E-state index contributed by atoms with van der Waals surface area (Å²) in [5.74, 6) is -2.64. The molecule has 0 bridgehead atoms. The molecule has 94 valence electrons. The number of halogens is 4. The number of anilines is 3. The predicted molar refractivity (Wildman–Crippen MR) is 68.2 cm³/mol. The van der Waals surface area contributed by atoms with Crippen molar-refractivity contribution in [2.24, 2.45) is 0 Å². The lowest BCUT2D eigenvalue weighted by molar-refractivity contribution is 0.512. The van der Waals surface area contributed by atoms with E-state index < -0.39 is 17.5 Å². The van der Waals surface area contributed by atoms with E-state index in [4.69, 9.17) is 5.73 Å². The molecule has 0 aliphatic rings. The molecule has 0 radical (unpaired) electrons. The van der Waals surface area contributed by atoms with Crippen molar-refractivity contribution in [1.82, 2.24) is 0 Å². The van der Waals surface area contributed by atoms with Crippen LogP contribution in [0.4, 0.5) is 30.2 Å². The molecule has 18 heavy (non-hydrogen) atoms.